The van der Waals surface area contributed by atoms with Crippen molar-refractivity contribution in [2.75, 3.05) is 38.2 Å². The van der Waals surface area contributed by atoms with Gasteiger partial charge in [0, 0.05) is 38.6 Å². The minimum absolute atomic E-state index is 0.346. The van der Waals surface area contributed by atoms with E-state index in [-0.39, 0.29) is 0 Å². The van der Waals surface area contributed by atoms with Gasteiger partial charge in [-0.3, -0.25) is 4.99 Å². The monoisotopic (exact) mass is 406 g/mol. The van der Waals surface area contributed by atoms with Crippen molar-refractivity contribution in [3.8, 4) is 5.75 Å². The van der Waals surface area contributed by atoms with Crippen LogP contribution < -0.4 is 20.3 Å². The van der Waals surface area contributed by atoms with Crippen LogP contribution in [0.2, 0.25) is 0 Å². The van der Waals surface area contributed by atoms with Crippen LogP contribution in [0, 0.1) is 0 Å². The van der Waals surface area contributed by atoms with E-state index < -0.39 is 0 Å². The van der Waals surface area contributed by atoms with E-state index in [1.165, 1.54) is 0 Å². The summed E-state index contributed by atoms with van der Waals surface area (Å²) in [6, 6.07) is 16.6. The number of hydrogen-bond acceptors (Lipinski definition) is 4. The molecule has 0 aliphatic carbocycles. The molecule has 1 fully saturated rings. The quantitative estimate of drug-likeness (QED) is 0.415. The van der Waals surface area contributed by atoms with Crippen LogP contribution in [-0.4, -0.2) is 55.3 Å². The van der Waals surface area contributed by atoms with Crippen LogP contribution in [0.1, 0.15) is 19.2 Å². The molecule has 1 atom stereocenters. The molecule has 158 valence electrons. The highest BCUT2D eigenvalue weighted by atomic mass is 16.5. The van der Waals surface area contributed by atoms with Crippen LogP contribution in [0.25, 0.3) is 11.0 Å². The molecule has 0 spiro atoms. The fourth-order valence-corrected chi connectivity index (χ4v) is 3.90. The van der Waals surface area contributed by atoms with Gasteiger partial charge in [0.15, 0.2) is 5.96 Å². The molecule has 30 heavy (non-hydrogen) atoms. The molecular weight excluding hydrogens is 376 g/mol. The molecule has 1 unspecified atom stereocenters. The van der Waals surface area contributed by atoms with Crippen molar-refractivity contribution < 1.29 is 4.74 Å². The molecule has 4 rings (SSSR count). The van der Waals surface area contributed by atoms with E-state index in [4.69, 9.17) is 9.73 Å². The van der Waals surface area contributed by atoms with Crippen molar-refractivity contribution >= 4 is 22.7 Å². The third-order valence-electron chi connectivity index (χ3n) is 5.36. The number of methoxy groups -OCH3 is 1. The Balaban J connectivity index is 1.35. The zero-order chi connectivity index (χ0) is 20.8. The Morgan fingerprint density at radius 2 is 2.07 bits per heavy atom. The number of anilines is 1. The van der Waals surface area contributed by atoms with Crippen molar-refractivity contribution in [3.05, 3.63) is 54.4 Å². The van der Waals surface area contributed by atoms with Gasteiger partial charge in [-0.1, -0.05) is 24.3 Å². The summed E-state index contributed by atoms with van der Waals surface area (Å²) in [5.74, 6) is 2.75. The molecule has 2 heterocycles. The molecule has 1 saturated heterocycles. The summed E-state index contributed by atoms with van der Waals surface area (Å²) in [5, 5.41) is 6.96. The minimum Gasteiger partial charge on any atom is -0.495 e. The number of aromatic amines is 1. The van der Waals surface area contributed by atoms with Crippen molar-refractivity contribution in [2.24, 2.45) is 4.99 Å². The molecule has 0 saturated carbocycles. The second-order valence-corrected chi connectivity index (χ2v) is 7.46. The number of guanidine groups is 1. The molecule has 3 aromatic rings. The van der Waals surface area contributed by atoms with Crippen LogP contribution in [0.5, 0.6) is 5.75 Å². The Hall–Kier alpha value is -3.22. The number of imidazole rings is 1. The van der Waals surface area contributed by atoms with E-state index in [1.54, 1.807) is 7.11 Å². The summed E-state index contributed by atoms with van der Waals surface area (Å²) in [4.78, 5) is 15.1. The second-order valence-electron chi connectivity index (χ2n) is 7.46. The van der Waals surface area contributed by atoms with Crippen molar-refractivity contribution in [2.45, 2.75) is 25.8 Å². The molecule has 3 N–H and O–H groups in total. The van der Waals surface area contributed by atoms with Crippen molar-refractivity contribution in [3.63, 3.8) is 0 Å². The zero-order valence-electron chi connectivity index (χ0n) is 17.7. The first-order valence-electron chi connectivity index (χ1n) is 10.6. The number of ether oxygens (including phenoxy) is 1. The van der Waals surface area contributed by atoms with E-state index in [2.05, 4.69) is 44.6 Å². The molecule has 2 aromatic carbocycles. The van der Waals surface area contributed by atoms with Crippen LogP contribution >= 0.6 is 0 Å². The molecule has 7 heteroatoms. The molecule has 1 aromatic heterocycles. The van der Waals surface area contributed by atoms with E-state index in [9.17, 15) is 0 Å². The average Bonchev–Trinajstić information content (AvgIpc) is 3.40. The van der Waals surface area contributed by atoms with Gasteiger partial charge in [0.2, 0.25) is 0 Å². The van der Waals surface area contributed by atoms with Gasteiger partial charge in [0.1, 0.15) is 11.6 Å². The van der Waals surface area contributed by atoms with Gasteiger partial charge in [0.05, 0.1) is 23.8 Å². The van der Waals surface area contributed by atoms with Gasteiger partial charge in [-0.2, -0.15) is 0 Å². The van der Waals surface area contributed by atoms with Crippen LogP contribution in [0.3, 0.4) is 0 Å². The molecule has 0 radical (unpaired) electrons. The maximum atomic E-state index is 5.52. The molecular formula is C23H30N6O. The van der Waals surface area contributed by atoms with Gasteiger partial charge in [0.25, 0.3) is 0 Å². The van der Waals surface area contributed by atoms with Gasteiger partial charge >= 0.3 is 0 Å². The Morgan fingerprint density at radius 3 is 2.90 bits per heavy atom. The highest BCUT2D eigenvalue weighted by molar-refractivity contribution is 5.80. The van der Waals surface area contributed by atoms with Gasteiger partial charge in [-0.05, 0) is 37.6 Å². The number of hydrogen-bond donors (Lipinski definition) is 3. The van der Waals surface area contributed by atoms with E-state index in [0.717, 1.165) is 66.7 Å². The molecule has 1 aliphatic heterocycles. The normalized spacial score (nSPS) is 16.8. The van der Waals surface area contributed by atoms with E-state index in [0.29, 0.717) is 12.6 Å². The lowest BCUT2D eigenvalue weighted by Gasteiger charge is -2.22. The van der Waals surface area contributed by atoms with Crippen LogP contribution in [0.15, 0.2) is 53.5 Å². The molecule has 1 aliphatic rings. The number of fused-ring (bicyclic) bond motifs is 1. The van der Waals surface area contributed by atoms with Crippen LogP contribution in [-0.2, 0) is 6.42 Å². The topological polar surface area (TPSA) is 77.6 Å². The number of nitrogens with one attached hydrogen (secondary N) is 3. The first-order valence-corrected chi connectivity index (χ1v) is 10.6. The number of rotatable bonds is 7. The lowest BCUT2D eigenvalue weighted by Crippen LogP contribution is -2.44. The SMILES string of the molecule is CCNC(=NCCc1nc2ccccc2[nH]1)NC1CCN(c2ccccc2OC)C1. The zero-order valence-corrected chi connectivity index (χ0v) is 17.7. The fourth-order valence-electron chi connectivity index (χ4n) is 3.90. The highest BCUT2D eigenvalue weighted by Crippen LogP contribution is 2.30. The second kappa shape index (κ2) is 9.52. The fraction of sp³-hybridized carbons (Fsp3) is 0.391. The lowest BCUT2D eigenvalue weighted by molar-refractivity contribution is 0.415. The predicted octanol–water partition coefficient (Wildman–Crippen LogP) is 2.95. The summed E-state index contributed by atoms with van der Waals surface area (Å²) < 4.78 is 5.52. The van der Waals surface area contributed by atoms with Gasteiger partial charge in [-0.25, -0.2) is 4.98 Å². The van der Waals surface area contributed by atoms with Gasteiger partial charge < -0.3 is 25.3 Å². The van der Waals surface area contributed by atoms with Crippen molar-refractivity contribution in [1.82, 2.24) is 20.6 Å². The maximum Gasteiger partial charge on any atom is 0.191 e. The summed E-state index contributed by atoms with van der Waals surface area (Å²) in [6.07, 6.45) is 1.84. The first-order chi connectivity index (χ1) is 14.8. The summed E-state index contributed by atoms with van der Waals surface area (Å²) in [7, 11) is 1.72. The largest absolute Gasteiger partial charge is 0.495 e. The maximum absolute atomic E-state index is 5.52. The number of aliphatic imine (C=N–C) groups is 1. The predicted molar refractivity (Wildman–Crippen MR) is 123 cm³/mol. The average molecular weight is 407 g/mol. The Morgan fingerprint density at radius 1 is 1.23 bits per heavy atom. The number of para-hydroxylation sites is 4. The van der Waals surface area contributed by atoms with Gasteiger partial charge in [-0.15, -0.1) is 0 Å². The Labute approximate surface area is 177 Å². The minimum atomic E-state index is 0.346. The Kier molecular flexibility index (Phi) is 6.37. The third kappa shape index (κ3) is 4.67. The van der Waals surface area contributed by atoms with E-state index in [1.807, 2.05) is 36.4 Å². The molecule has 7 nitrogen and oxygen atoms in total. The summed E-state index contributed by atoms with van der Waals surface area (Å²) >= 11 is 0. The lowest BCUT2D eigenvalue weighted by atomic mass is 10.2. The van der Waals surface area contributed by atoms with Crippen LogP contribution in [0.4, 0.5) is 5.69 Å². The van der Waals surface area contributed by atoms with Crippen molar-refractivity contribution in [1.29, 1.82) is 0 Å². The summed E-state index contributed by atoms with van der Waals surface area (Å²) in [6.45, 7) is 5.52. The third-order valence-corrected chi connectivity index (χ3v) is 5.36. The molecule has 0 amide bonds. The Bertz CT molecular complexity index is 965. The number of aromatic nitrogens is 2. The number of benzene rings is 2. The first kappa shape index (κ1) is 20.1. The van der Waals surface area contributed by atoms with E-state index >= 15 is 0 Å². The number of nitrogens with zero attached hydrogens (tertiary/aromatic N) is 3. The number of H-pyrrole nitrogens is 1. The smallest absolute Gasteiger partial charge is 0.191 e. The highest BCUT2D eigenvalue weighted by Gasteiger charge is 2.25. The molecule has 0 bridgehead atoms. The standard InChI is InChI=1S/C23H30N6O/c1-3-24-23(25-14-12-22-27-18-8-4-5-9-19(18)28-22)26-17-13-15-29(16-17)20-10-6-7-11-21(20)30-2/h4-11,17H,3,12-16H2,1-2H3,(H,27,28)(H2,24,25,26). The summed E-state index contributed by atoms with van der Waals surface area (Å²) in [5.41, 5.74) is 3.23.